The van der Waals surface area contributed by atoms with Gasteiger partial charge in [-0.15, -0.1) is 0 Å². The van der Waals surface area contributed by atoms with Gasteiger partial charge in [-0.3, -0.25) is 19.2 Å². The minimum atomic E-state index is -0.606. The molecule has 2 bridgehead atoms. The second-order valence-corrected chi connectivity index (χ2v) is 10.3. The Labute approximate surface area is 218 Å². The molecule has 2 atom stereocenters. The standard InChI is InChI=1S/C29H27FN4O4/c30-24-11-10-17(13-25-21-8-4-5-9-22(21)27(36)32-31-25)12-23(24)28(37)33-15-20-14-19(33)16-34(20)29(38)26(35)18-6-2-1-3-7-18/h1-3,6-7,10-12,19-20H,4-5,8-9,13-16H2,(H,32,36)/t19-,20+/m0/s1. The van der Waals surface area contributed by atoms with Gasteiger partial charge in [-0.1, -0.05) is 36.4 Å². The monoisotopic (exact) mass is 514 g/mol. The topological polar surface area (TPSA) is 103 Å². The summed E-state index contributed by atoms with van der Waals surface area (Å²) in [6, 6.07) is 12.4. The van der Waals surface area contributed by atoms with E-state index in [4.69, 9.17) is 0 Å². The molecule has 0 spiro atoms. The number of carbonyl (C=O) groups is 3. The maximum atomic E-state index is 14.9. The quantitative estimate of drug-likeness (QED) is 0.417. The van der Waals surface area contributed by atoms with Crippen LogP contribution in [0, 0.1) is 5.82 Å². The summed E-state index contributed by atoms with van der Waals surface area (Å²) in [6.07, 6.45) is 4.42. The molecule has 1 aromatic heterocycles. The Bertz CT molecular complexity index is 1500. The van der Waals surface area contributed by atoms with E-state index < -0.39 is 23.4 Å². The van der Waals surface area contributed by atoms with Crippen molar-refractivity contribution in [2.45, 2.75) is 50.6 Å². The minimum absolute atomic E-state index is 0.0217. The number of likely N-dealkylation sites (tertiary alicyclic amines) is 2. The van der Waals surface area contributed by atoms with Gasteiger partial charge in [-0.2, -0.15) is 5.10 Å². The molecule has 0 saturated carbocycles. The number of H-pyrrole nitrogens is 1. The first kappa shape index (κ1) is 24.2. The zero-order valence-electron chi connectivity index (χ0n) is 20.8. The Morgan fingerprint density at radius 2 is 1.66 bits per heavy atom. The number of benzene rings is 2. The normalized spacial score (nSPS) is 19.9. The number of amides is 2. The molecule has 3 heterocycles. The first-order chi connectivity index (χ1) is 18.4. The van der Waals surface area contributed by atoms with E-state index in [1.807, 2.05) is 0 Å². The van der Waals surface area contributed by atoms with E-state index in [-0.39, 0.29) is 36.3 Å². The van der Waals surface area contributed by atoms with E-state index in [2.05, 4.69) is 10.2 Å². The van der Waals surface area contributed by atoms with Crippen LogP contribution in [0.2, 0.25) is 0 Å². The van der Waals surface area contributed by atoms with Crippen molar-refractivity contribution in [3.8, 4) is 0 Å². The number of aromatic amines is 1. The van der Waals surface area contributed by atoms with Gasteiger partial charge in [0.25, 0.3) is 17.4 Å². The van der Waals surface area contributed by atoms with Crippen LogP contribution in [0.25, 0.3) is 0 Å². The molecule has 38 heavy (non-hydrogen) atoms. The van der Waals surface area contributed by atoms with Gasteiger partial charge in [0, 0.05) is 30.6 Å². The Hall–Kier alpha value is -4.14. The van der Waals surface area contributed by atoms with Gasteiger partial charge in [0.1, 0.15) is 5.82 Å². The van der Waals surface area contributed by atoms with E-state index in [9.17, 15) is 23.6 Å². The number of nitrogens with one attached hydrogen (secondary N) is 1. The van der Waals surface area contributed by atoms with Crippen LogP contribution >= 0.6 is 0 Å². The third kappa shape index (κ3) is 4.21. The van der Waals surface area contributed by atoms with E-state index in [1.54, 1.807) is 52.3 Å². The molecule has 3 aliphatic rings. The summed E-state index contributed by atoms with van der Waals surface area (Å²) in [6.45, 7) is 0.512. The van der Waals surface area contributed by atoms with Crippen LogP contribution in [-0.4, -0.2) is 62.8 Å². The number of piperazine rings is 1. The first-order valence-electron chi connectivity index (χ1n) is 13.0. The largest absolute Gasteiger partial charge is 0.332 e. The van der Waals surface area contributed by atoms with Crippen LogP contribution in [0.1, 0.15) is 62.4 Å². The van der Waals surface area contributed by atoms with Crippen molar-refractivity contribution in [1.82, 2.24) is 20.0 Å². The summed E-state index contributed by atoms with van der Waals surface area (Å²) >= 11 is 0. The van der Waals surface area contributed by atoms with E-state index in [0.29, 0.717) is 18.4 Å². The number of ketones is 1. The molecule has 0 radical (unpaired) electrons. The van der Waals surface area contributed by atoms with Gasteiger partial charge in [-0.25, -0.2) is 9.49 Å². The molecule has 2 fully saturated rings. The number of fused-ring (bicyclic) bond motifs is 3. The Morgan fingerprint density at radius 3 is 2.39 bits per heavy atom. The number of halogens is 1. The van der Waals surface area contributed by atoms with Crippen molar-refractivity contribution < 1.29 is 18.8 Å². The fraction of sp³-hybridized carbons (Fsp3) is 0.345. The minimum Gasteiger partial charge on any atom is -0.332 e. The summed E-state index contributed by atoms with van der Waals surface area (Å²) in [5.41, 5.74) is 3.39. The number of Topliss-reactive ketones (excluding diaryl/α,β-unsaturated/α-hetero) is 1. The van der Waals surface area contributed by atoms with E-state index in [0.717, 1.165) is 48.1 Å². The van der Waals surface area contributed by atoms with Crippen molar-refractivity contribution in [1.29, 1.82) is 0 Å². The van der Waals surface area contributed by atoms with Crippen molar-refractivity contribution in [2.75, 3.05) is 13.1 Å². The fourth-order valence-electron chi connectivity index (χ4n) is 6.08. The molecule has 0 unspecified atom stereocenters. The smallest absolute Gasteiger partial charge is 0.295 e. The number of nitrogens with zero attached hydrogens (tertiary/aromatic N) is 3. The molecule has 3 aromatic rings. The number of aromatic nitrogens is 2. The van der Waals surface area contributed by atoms with Crippen LogP contribution in [0.4, 0.5) is 4.39 Å². The number of hydrogen-bond donors (Lipinski definition) is 1. The number of carbonyl (C=O) groups excluding carboxylic acids is 3. The molecule has 194 valence electrons. The second-order valence-electron chi connectivity index (χ2n) is 10.3. The van der Waals surface area contributed by atoms with Crippen LogP contribution in [0.15, 0.2) is 53.3 Å². The Morgan fingerprint density at radius 1 is 0.947 bits per heavy atom. The number of hydrogen-bond acceptors (Lipinski definition) is 5. The van der Waals surface area contributed by atoms with Crippen molar-refractivity contribution in [3.63, 3.8) is 0 Å². The van der Waals surface area contributed by atoms with E-state index >= 15 is 0 Å². The van der Waals surface area contributed by atoms with Gasteiger partial charge in [0.05, 0.1) is 23.3 Å². The molecule has 2 saturated heterocycles. The highest BCUT2D eigenvalue weighted by Crippen LogP contribution is 2.33. The molecular weight excluding hydrogens is 487 g/mol. The Kier molecular flexibility index (Phi) is 6.13. The maximum Gasteiger partial charge on any atom is 0.295 e. The van der Waals surface area contributed by atoms with Crippen LogP contribution < -0.4 is 5.56 Å². The lowest BCUT2D eigenvalue weighted by Gasteiger charge is -2.34. The van der Waals surface area contributed by atoms with Crippen LogP contribution in [-0.2, 0) is 24.1 Å². The predicted molar refractivity (Wildman–Crippen MR) is 136 cm³/mol. The summed E-state index contributed by atoms with van der Waals surface area (Å²) in [5, 5.41) is 6.84. The lowest BCUT2D eigenvalue weighted by molar-refractivity contribution is -0.128. The van der Waals surface area contributed by atoms with Gasteiger partial charge < -0.3 is 9.80 Å². The molecule has 2 aliphatic heterocycles. The summed E-state index contributed by atoms with van der Waals surface area (Å²) in [5.74, 6) is -2.16. The lowest BCUT2D eigenvalue weighted by atomic mass is 9.90. The molecule has 2 aromatic carbocycles. The third-order valence-electron chi connectivity index (χ3n) is 8.01. The highest BCUT2D eigenvalue weighted by Gasteiger charge is 2.48. The predicted octanol–water partition coefficient (Wildman–Crippen LogP) is 2.69. The van der Waals surface area contributed by atoms with Gasteiger partial charge in [-0.05, 0) is 55.4 Å². The summed E-state index contributed by atoms with van der Waals surface area (Å²) in [7, 11) is 0. The Balaban J connectivity index is 1.18. The molecule has 1 aliphatic carbocycles. The highest BCUT2D eigenvalue weighted by molar-refractivity contribution is 6.42. The molecule has 9 heteroatoms. The molecular formula is C29H27FN4O4. The van der Waals surface area contributed by atoms with Crippen molar-refractivity contribution in [3.05, 3.63) is 98.2 Å². The molecule has 8 nitrogen and oxygen atoms in total. The fourth-order valence-corrected chi connectivity index (χ4v) is 6.08. The second kappa shape index (κ2) is 9.63. The van der Waals surface area contributed by atoms with Crippen LogP contribution in [0.3, 0.4) is 0 Å². The molecule has 6 rings (SSSR count). The average molecular weight is 515 g/mol. The zero-order valence-corrected chi connectivity index (χ0v) is 20.8. The zero-order chi connectivity index (χ0) is 26.4. The first-order valence-corrected chi connectivity index (χ1v) is 13.0. The van der Waals surface area contributed by atoms with Crippen molar-refractivity contribution >= 4 is 17.6 Å². The van der Waals surface area contributed by atoms with Gasteiger partial charge in [0.15, 0.2) is 0 Å². The SMILES string of the molecule is O=C(C(=O)N1C[C@@H]2C[C@@H]1CN2C(=O)c1cc(Cc2n[nH]c(=O)c3c2CCCC3)ccc1F)c1ccccc1. The van der Waals surface area contributed by atoms with Gasteiger partial charge >= 0.3 is 0 Å². The average Bonchev–Trinajstić information content (AvgIpc) is 3.56. The molecule has 1 N–H and O–H groups in total. The highest BCUT2D eigenvalue weighted by atomic mass is 19.1. The summed E-state index contributed by atoms with van der Waals surface area (Å²) in [4.78, 5) is 54.3. The van der Waals surface area contributed by atoms with Gasteiger partial charge in [0.2, 0.25) is 5.78 Å². The third-order valence-corrected chi connectivity index (χ3v) is 8.01. The van der Waals surface area contributed by atoms with E-state index in [1.165, 1.54) is 6.07 Å². The summed E-state index contributed by atoms with van der Waals surface area (Å²) < 4.78 is 14.9. The van der Waals surface area contributed by atoms with Crippen LogP contribution in [0.5, 0.6) is 0 Å². The number of rotatable bonds is 5. The maximum absolute atomic E-state index is 14.9. The lowest BCUT2D eigenvalue weighted by Crippen LogP contribution is -2.52. The molecule has 2 amide bonds. The van der Waals surface area contributed by atoms with Crippen molar-refractivity contribution in [2.24, 2.45) is 0 Å².